The minimum Gasteiger partial charge on any atom is -0.343 e. The third-order valence-electron chi connectivity index (χ3n) is 2.85. The van der Waals surface area contributed by atoms with Gasteiger partial charge in [-0.15, -0.1) is 0 Å². The second kappa shape index (κ2) is 5.65. The number of aromatic amines is 1. The molecule has 2 N–H and O–H groups in total. The molecule has 1 amide bonds. The van der Waals surface area contributed by atoms with Gasteiger partial charge in [-0.05, 0) is 18.9 Å². The Morgan fingerprint density at radius 2 is 2.31 bits per heavy atom. The van der Waals surface area contributed by atoms with Crippen LogP contribution < -0.4 is 5.32 Å². The average Bonchev–Trinajstić information content (AvgIpc) is 2.96. The van der Waals surface area contributed by atoms with Gasteiger partial charge in [-0.25, -0.2) is 0 Å². The number of carbonyl (C=O) groups is 1. The van der Waals surface area contributed by atoms with Crippen LogP contribution in [0.1, 0.15) is 25.0 Å². The van der Waals surface area contributed by atoms with Crippen LogP contribution in [0.2, 0.25) is 0 Å². The quantitative estimate of drug-likeness (QED) is 0.714. The highest BCUT2D eigenvalue weighted by Crippen LogP contribution is 2.08. The summed E-state index contributed by atoms with van der Waals surface area (Å²) in [6.07, 6.45) is 4.64. The summed E-state index contributed by atoms with van der Waals surface area (Å²) >= 11 is 0. The molecular formula is C11H18N4O. The molecule has 5 nitrogen and oxygen atoms in total. The predicted octanol–water partition coefficient (Wildman–Crippen LogP) is 0.512. The molecule has 1 aromatic rings. The summed E-state index contributed by atoms with van der Waals surface area (Å²) < 4.78 is 0. The topological polar surface area (TPSA) is 61.0 Å². The Kier molecular flexibility index (Phi) is 3.93. The Labute approximate surface area is 95.2 Å². The number of nitrogens with one attached hydrogen (secondary N) is 2. The first-order valence-corrected chi connectivity index (χ1v) is 5.83. The molecule has 0 aromatic carbocycles. The van der Waals surface area contributed by atoms with Crippen LogP contribution in [-0.2, 0) is 11.3 Å². The fourth-order valence-corrected chi connectivity index (χ4v) is 1.93. The molecule has 0 spiro atoms. The third kappa shape index (κ3) is 3.06. The van der Waals surface area contributed by atoms with E-state index in [1.54, 1.807) is 6.20 Å². The lowest BCUT2D eigenvalue weighted by atomic mass is 10.3. The Balaban J connectivity index is 1.59. The average molecular weight is 222 g/mol. The van der Waals surface area contributed by atoms with Crippen molar-refractivity contribution < 1.29 is 4.79 Å². The van der Waals surface area contributed by atoms with Crippen LogP contribution in [0.4, 0.5) is 0 Å². The van der Waals surface area contributed by atoms with Gasteiger partial charge in [0.15, 0.2) is 0 Å². The molecule has 0 unspecified atom stereocenters. The minimum absolute atomic E-state index is 0.273. The fourth-order valence-electron chi connectivity index (χ4n) is 1.93. The van der Waals surface area contributed by atoms with E-state index in [4.69, 9.17) is 0 Å². The first kappa shape index (κ1) is 11.1. The molecule has 16 heavy (non-hydrogen) atoms. The summed E-state index contributed by atoms with van der Waals surface area (Å²) in [5.74, 6) is 0.273. The van der Waals surface area contributed by atoms with E-state index < -0.39 is 0 Å². The Morgan fingerprint density at radius 1 is 1.50 bits per heavy atom. The summed E-state index contributed by atoms with van der Waals surface area (Å²) in [4.78, 5) is 13.6. The number of carbonyl (C=O) groups excluding carboxylic acids is 1. The Bertz CT molecular complexity index is 317. The van der Waals surface area contributed by atoms with E-state index in [1.807, 2.05) is 11.0 Å². The lowest BCUT2D eigenvalue weighted by Crippen LogP contribution is -2.30. The van der Waals surface area contributed by atoms with Crippen LogP contribution in [0, 0.1) is 0 Å². The van der Waals surface area contributed by atoms with Crippen LogP contribution in [-0.4, -0.2) is 40.6 Å². The van der Waals surface area contributed by atoms with E-state index in [1.165, 1.54) is 0 Å². The molecule has 1 aromatic heterocycles. The van der Waals surface area contributed by atoms with Crippen LogP contribution in [0.3, 0.4) is 0 Å². The summed E-state index contributed by atoms with van der Waals surface area (Å²) in [5.41, 5.74) is 1.05. The van der Waals surface area contributed by atoms with Crippen molar-refractivity contribution in [3.63, 3.8) is 0 Å². The summed E-state index contributed by atoms with van der Waals surface area (Å²) in [5, 5.41) is 9.95. The van der Waals surface area contributed by atoms with Crippen LogP contribution in [0.5, 0.6) is 0 Å². The van der Waals surface area contributed by atoms with Gasteiger partial charge in [0.2, 0.25) is 5.91 Å². The zero-order valence-electron chi connectivity index (χ0n) is 9.41. The maximum absolute atomic E-state index is 11.7. The van der Waals surface area contributed by atoms with E-state index in [9.17, 15) is 4.79 Å². The van der Waals surface area contributed by atoms with E-state index >= 15 is 0 Å². The monoisotopic (exact) mass is 222 g/mol. The van der Waals surface area contributed by atoms with E-state index in [2.05, 4.69) is 15.5 Å². The maximum Gasteiger partial charge on any atom is 0.223 e. The molecule has 0 atom stereocenters. The van der Waals surface area contributed by atoms with Crippen molar-refractivity contribution in [1.29, 1.82) is 0 Å². The number of aromatic nitrogens is 2. The first-order chi connectivity index (χ1) is 7.86. The number of hydrogen-bond acceptors (Lipinski definition) is 3. The summed E-state index contributed by atoms with van der Waals surface area (Å²) in [6.45, 7) is 3.36. The van der Waals surface area contributed by atoms with E-state index in [0.29, 0.717) is 6.42 Å². The number of amides is 1. The largest absolute Gasteiger partial charge is 0.343 e. The van der Waals surface area contributed by atoms with Gasteiger partial charge in [-0.1, -0.05) is 0 Å². The number of hydrogen-bond donors (Lipinski definition) is 2. The van der Waals surface area contributed by atoms with Crippen molar-refractivity contribution in [3.05, 3.63) is 18.0 Å². The lowest BCUT2D eigenvalue weighted by molar-refractivity contribution is -0.130. The number of likely N-dealkylation sites (tertiary alicyclic amines) is 1. The van der Waals surface area contributed by atoms with Gasteiger partial charge in [0, 0.05) is 44.5 Å². The number of H-pyrrole nitrogens is 1. The minimum atomic E-state index is 0.273. The standard InChI is InChI=1S/C11H18N4O/c16-11(15-7-1-2-8-15)4-5-12-9-10-3-6-13-14-10/h3,6,12H,1-2,4-5,7-9H2,(H,13,14). The predicted molar refractivity (Wildman–Crippen MR) is 60.7 cm³/mol. The van der Waals surface area contributed by atoms with Gasteiger partial charge >= 0.3 is 0 Å². The molecule has 1 saturated heterocycles. The van der Waals surface area contributed by atoms with Crippen molar-refractivity contribution >= 4 is 5.91 Å². The van der Waals surface area contributed by atoms with Gasteiger partial charge in [0.25, 0.3) is 0 Å². The molecule has 5 heteroatoms. The highest BCUT2D eigenvalue weighted by Gasteiger charge is 2.16. The zero-order chi connectivity index (χ0) is 11.2. The molecule has 0 bridgehead atoms. The molecule has 1 aliphatic heterocycles. The first-order valence-electron chi connectivity index (χ1n) is 5.83. The second-order valence-electron chi connectivity index (χ2n) is 4.10. The molecule has 1 aliphatic rings. The third-order valence-corrected chi connectivity index (χ3v) is 2.85. The highest BCUT2D eigenvalue weighted by atomic mass is 16.2. The van der Waals surface area contributed by atoms with Crippen molar-refractivity contribution in [2.24, 2.45) is 0 Å². The summed E-state index contributed by atoms with van der Waals surface area (Å²) in [6, 6.07) is 1.93. The zero-order valence-corrected chi connectivity index (χ0v) is 9.41. The van der Waals surface area contributed by atoms with Crippen molar-refractivity contribution in [2.45, 2.75) is 25.8 Å². The SMILES string of the molecule is O=C(CCNCc1ccn[nH]1)N1CCCC1. The van der Waals surface area contributed by atoms with Crippen LogP contribution >= 0.6 is 0 Å². The van der Waals surface area contributed by atoms with Crippen LogP contribution in [0.15, 0.2) is 12.3 Å². The van der Waals surface area contributed by atoms with Crippen molar-refractivity contribution in [2.75, 3.05) is 19.6 Å². The van der Waals surface area contributed by atoms with Gasteiger partial charge in [0.1, 0.15) is 0 Å². The highest BCUT2D eigenvalue weighted by molar-refractivity contribution is 5.76. The lowest BCUT2D eigenvalue weighted by Gasteiger charge is -2.14. The Hall–Kier alpha value is -1.36. The second-order valence-corrected chi connectivity index (χ2v) is 4.10. The molecular weight excluding hydrogens is 204 g/mol. The molecule has 2 heterocycles. The van der Waals surface area contributed by atoms with Gasteiger partial charge in [-0.3, -0.25) is 9.89 Å². The molecule has 0 radical (unpaired) electrons. The fraction of sp³-hybridized carbons (Fsp3) is 0.636. The van der Waals surface area contributed by atoms with E-state index in [-0.39, 0.29) is 5.91 Å². The number of nitrogens with zero attached hydrogens (tertiary/aromatic N) is 2. The maximum atomic E-state index is 11.7. The van der Waals surface area contributed by atoms with Gasteiger partial charge in [-0.2, -0.15) is 5.10 Å². The van der Waals surface area contributed by atoms with E-state index in [0.717, 1.165) is 44.7 Å². The molecule has 88 valence electrons. The van der Waals surface area contributed by atoms with Gasteiger partial charge in [0.05, 0.1) is 0 Å². The van der Waals surface area contributed by atoms with Crippen LogP contribution in [0.25, 0.3) is 0 Å². The normalized spacial score (nSPS) is 15.6. The smallest absolute Gasteiger partial charge is 0.223 e. The number of rotatable bonds is 5. The molecule has 0 aliphatic carbocycles. The molecule has 2 rings (SSSR count). The summed E-state index contributed by atoms with van der Waals surface area (Å²) in [7, 11) is 0. The molecule has 0 saturated carbocycles. The van der Waals surface area contributed by atoms with Crippen molar-refractivity contribution in [3.8, 4) is 0 Å². The van der Waals surface area contributed by atoms with Gasteiger partial charge < -0.3 is 10.2 Å². The molecule has 1 fully saturated rings. The Morgan fingerprint density at radius 3 is 3.00 bits per heavy atom. The van der Waals surface area contributed by atoms with Crippen molar-refractivity contribution in [1.82, 2.24) is 20.4 Å².